The topological polar surface area (TPSA) is 134 Å². The average Bonchev–Trinajstić information content (AvgIpc) is 1.54. The van der Waals surface area contributed by atoms with Crippen molar-refractivity contribution < 1.29 is 31.4 Å². The van der Waals surface area contributed by atoms with E-state index in [4.69, 9.17) is 8.53 Å². The Morgan fingerprint density at radius 1 is 0.388 bits per heavy atom. The molecule has 0 spiro atoms. The summed E-state index contributed by atoms with van der Waals surface area (Å²) in [6.45, 7) is 1.67. The van der Waals surface area contributed by atoms with E-state index in [1.165, 1.54) is 98.4 Å². The highest BCUT2D eigenvalue weighted by Crippen LogP contribution is 2.39. The smallest absolute Gasteiger partial charge is 0.333 e. The third-order valence-corrected chi connectivity index (χ3v) is 22.0. The predicted octanol–water partition coefficient (Wildman–Crippen LogP) is 13.1. The summed E-state index contributed by atoms with van der Waals surface area (Å²) in [7, 11) is 2.13. The highest BCUT2D eigenvalue weighted by Gasteiger charge is 2.40. The van der Waals surface area contributed by atoms with Gasteiger partial charge in [0.05, 0.1) is 116 Å². The summed E-state index contributed by atoms with van der Waals surface area (Å²) >= 11 is 1.86. The number of imidazole rings is 3. The van der Waals surface area contributed by atoms with Crippen molar-refractivity contribution in [3.8, 4) is 61.9 Å². The number of aromatic nitrogens is 18. The Morgan fingerprint density at radius 3 is 1.48 bits per heavy atom. The van der Waals surface area contributed by atoms with Gasteiger partial charge in [0.15, 0.2) is 21.6 Å². The summed E-state index contributed by atoms with van der Waals surface area (Å²) in [6, 6.07) is 68.6. The Balaban J connectivity index is 0.0000000830. The van der Waals surface area contributed by atoms with Gasteiger partial charge in [0, 0.05) is 61.6 Å². The number of rotatable bonds is 1. The lowest BCUT2D eigenvalue weighted by molar-refractivity contribution is -0.652. The van der Waals surface area contributed by atoms with E-state index in [0.29, 0.717) is 12.4 Å². The zero-order valence-electron chi connectivity index (χ0n) is 58.4. The molecule has 26 rings (SSSR count). The van der Waals surface area contributed by atoms with Crippen molar-refractivity contribution in [3.63, 3.8) is 0 Å². The molecule has 0 bridgehead atoms. The number of pyridine rings is 10. The molecule has 0 saturated heterocycles. The standard InChI is InChI=1S/C21H15N4.2C16H13N4.C15H10N3O.C15H10N3S/c1-2-7-15(8-3-1)25-19-13-16-9-4-5-12-23(16)21(19)24-14-18-17(20(24)25)10-6-11-22-18;2*1-18-14-10-19-8-3-2-6-13(19)15(14)20-9-12-11(16(18)20)5-4-7-17-12;2*1-2-7-17-10(4-1)8-13-14(17)18-9-12-11(15(18)19-13)5-3-6-16-12/h1-13H,14H2;2*2-8,10H,9H2,1H3;2*1-8H,9H2/q5*+1/i;1D3;;;. The number of benzene rings is 1. The summed E-state index contributed by atoms with van der Waals surface area (Å²) in [5.74, 6) is 4.08. The number of hydrogen-bond donors (Lipinski definition) is 0. The maximum Gasteiger partial charge on any atom is 0.333 e. The third kappa shape index (κ3) is 8.43. The van der Waals surface area contributed by atoms with Crippen LogP contribution in [0.2, 0.25) is 0 Å². The van der Waals surface area contributed by atoms with Crippen LogP contribution in [-0.2, 0) is 46.7 Å². The van der Waals surface area contributed by atoms with Crippen LogP contribution >= 0.6 is 11.3 Å². The van der Waals surface area contributed by atoms with Crippen LogP contribution in [-0.4, -0.2) is 60.6 Å². The highest BCUT2D eigenvalue weighted by molar-refractivity contribution is 7.21. The van der Waals surface area contributed by atoms with Gasteiger partial charge in [0.2, 0.25) is 22.4 Å². The molecule has 20 aromatic heterocycles. The van der Waals surface area contributed by atoms with Crippen LogP contribution in [0.15, 0.2) is 279 Å². The molecule has 0 N–H and O–H groups in total. The molecule has 0 radical (unpaired) electrons. The van der Waals surface area contributed by atoms with Crippen LogP contribution in [0.1, 0.15) is 32.6 Å². The van der Waals surface area contributed by atoms with Crippen LogP contribution in [0.3, 0.4) is 0 Å². The van der Waals surface area contributed by atoms with Crippen LogP contribution in [0, 0.1) is 0 Å². The SMILES string of the molecule is Cn1c2[n+](c3c1cn1ccccc31)Cc1ncccc1-2.[2H]C([2H])([2H])n1c2[n+](c3c1cn1ccccc31)Cc1ncccc1-2.c1ccc(-n2c3[n+](c4c2cc2ccccn24)Cc2ncccc2-3)cc1.c1cnc2c(c1)-c1oc3cc4ccccn4c3[n+]1C2.c1cnc2c(c1)-c1sc3cc4ccccn4c3[n+]1C2. The summed E-state index contributed by atoms with van der Waals surface area (Å²) < 4.78 is 59.7. The van der Waals surface area contributed by atoms with Gasteiger partial charge in [0.1, 0.15) is 59.7 Å². The number of oxazole rings is 1. The molecule has 21 aromatic rings. The van der Waals surface area contributed by atoms with Gasteiger partial charge in [0.25, 0.3) is 23.2 Å². The Kier molecular flexibility index (Phi) is 11.6. The van der Waals surface area contributed by atoms with Crippen molar-refractivity contribution in [2.24, 2.45) is 14.0 Å². The normalized spacial score (nSPS) is 13.5. The Labute approximate surface area is 594 Å². The van der Waals surface area contributed by atoms with E-state index in [-0.39, 0.29) is 0 Å². The van der Waals surface area contributed by atoms with Crippen LogP contribution < -0.4 is 22.8 Å². The van der Waals surface area contributed by atoms with Crippen molar-refractivity contribution in [3.05, 3.63) is 303 Å². The first-order valence-electron chi connectivity index (χ1n) is 35.8. The van der Waals surface area contributed by atoms with E-state index < -0.39 is 6.98 Å². The quantitative estimate of drug-likeness (QED) is 0.150. The van der Waals surface area contributed by atoms with Crippen molar-refractivity contribution in [1.82, 2.24) is 60.6 Å². The van der Waals surface area contributed by atoms with Gasteiger partial charge in [-0.1, -0.05) is 59.9 Å². The van der Waals surface area contributed by atoms with E-state index in [0.717, 1.165) is 99.3 Å². The first kappa shape index (κ1) is 54.5. The molecule has 5 aliphatic rings. The van der Waals surface area contributed by atoms with Crippen LogP contribution in [0.4, 0.5) is 0 Å². The number of hydrogen-bond acceptors (Lipinski definition) is 7. The van der Waals surface area contributed by atoms with Gasteiger partial charge in [-0.2, -0.15) is 13.4 Å². The average molecular weight is 1360 g/mol. The fraction of sp³-hybridized carbons (Fsp3) is 0.0843. The second-order valence-corrected chi connectivity index (χ2v) is 27.5. The van der Waals surface area contributed by atoms with Crippen molar-refractivity contribution >= 4 is 93.7 Å². The largest absolute Gasteiger partial charge is 0.414 e. The predicted molar refractivity (Wildman–Crippen MR) is 395 cm³/mol. The van der Waals surface area contributed by atoms with Crippen LogP contribution in [0.25, 0.3) is 144 Å². The maximum absolute atomic E-state index is 8.01. The van der Waals surface area contributed by atoms with Gasteiger partial charge in [-0.25, -0.2) is 36.4 Å². The van der Waals surface area contributed by atoms with Gasteiger partial charge >= 0.3 is 11.3 Å². The van der Waals surface area contributed by atoms with Crippen molar-refractivity contribution in [2.75, 3.05) is 0 Å². The minimum absolute atomic E-state index is 0.597. The summed E-state index contributed by atoms with van der Waals surface area (Å²) in [6.07, 6.45) is 23.7. The number of aryl methyl sites for hydroxylation is 2. The molecule has 20 heteroatoms. The zero-order chi connectivity index (χ0) is 70.2. The second kappa shape index (κ2) is 22.0. The highest BCUT2D eigenvalue weighted by atomic mass is 32.1. The van der Waals surface area contributed by atoms with Crippen molar-refractivity contribution in [1.29, 1.82) is 0 Å². The Hall–Kier alpha value is -13.5. The second-order valence-electron chi connectivity index (χ2n) is 26.5. The monoisotopic (exact) mass is 1360 g/mol. The molecule has 25 heterocycles. The number of fused-ring (bicyclic) bond motifs is 35. The van der Waals surface area contributed by atoms with Crippen molar-refractivity contribution in [2.45, 2.75) is 32.7 Å². The molecular formula is C83H61N18OS+5. The van der Waals surface area contributed by atoms with E-state index in [9.17, 15) is 0 Å². The molecule has 0 atom stereocenters. The van der Waals surface area contributed by atoms with Gasteiger partial charge in [-0.3, -0.25) is 24.9 Å². The van der Waals surface area contributed by atoms with Gasteiger partial charge < -0.3 is 13.2 Å². The molecular weight excluding hydrogens is 1300 g/mol. The summed E-state index contributed by atoms with van der Waals surface area (Å²) in [5, 5.41) is 1.33. The molecule has 490 valence electrons. The number of para-hydroxylation sites is 1. The third-order valence-electron chi connectivity index (χ3n) is 20.9. The first-order chi connectivity index (χ1) is 52.1. The van der Waals surface area contributed by atoms with E-state index in [2.05, 4.69) is 246 Å². The minimum atomic E-state index is -2.25. The Morgan fingerprint density at radius 2 is 0.854 bits per heavy atom. The number of thiazole rings is 1. The lowest BCUT2D eigenvalue weighted by atomic mass is 10.2. The maximum atomic E-state index is 8.01. The van der Waals surface area contributed by atoms with Crippen LogP contribution in [0.5, 0.6) is 0 Å². The lowest BCUT2D eigenvalue weighted by Crippen LogP contribution is -2.32. The van der Waals surface area contributed by atoms with E-state index in [1.807, 2.05) is 120 Å². The lowest BCUT2D eigenvalue weighted by Gasteiger charge is -2.03. The number of nitrogens with zero attached hydrogens (tertiary/aromatic N) is 18. The summed E-state index contributed by atoms with van der Waals surface area (Å²) in [5.41, 5.74) is 28.2. The van der Waals surface area contributed by atoms with Gasteiger partial charge in [-0.15, -0.1) is 0 Å². The molecule has 0 saturated carbocycles. The molecule has 0 amide bonds. The Bertz CT molecular complexity index is 7080. The van der Waals surface area contributed by atoms with E-state index in [1.54, 1.807) is 6.20 Å². The minimum Gasteiger partial charge on any atom is -0.414 e. The molecule has 0 unspecified atom stereocenters. The van der Waals surface area contributed by atoms with Gasteiger partial charge in [-0.05, 0) is 133 Å². The molecule has 1 aromatic carbocycles. The molecule has 5 aliphatic heterocycles. The fourth-order valence-corrected chi connectivity index (χ4v) is 17.8. The fourth-order valence-electron chi connectivity index (χ4n) is 16.5. The molecule has 103 heavy (non-hydrogen) atoms. The summed E-state index contributed by atoms with van der Waals surface area (Å²) in [4.78, 5) is 22.5. The zero-order valence-corrected chi connectivity index (χ0v) is 56.2. The molecule has 19 nitrogen and oxygen atoms in total. The van der Waals surface area contributed by atoms with E-state index >= 15 is 0 Å². The molecule has 0 aliphatic carbocycles. The molecule has 0 fully saturated rings. The first-order valence-corrected chi connectivity index (χ1v) is 35.1.